The van der Waals surface area contributed by atoms with E-state index in [4.69, 9.17) is 0 Å². The second kappa shape index (κ2) is 11.0. The van der Waals surface area contributed by atoms with E-state index < -0.39 is 0 Å². The van der Waals surface area contributed by atoms with Gasteiger partial charge in [0, 0.05) is 29.5 Å². The summed E-state index contributed by atoms with van der Waals surface area (Å²) in [5.41, 5.74) is 3.13. The highest BCUT2D eigenvalue weighted by Gasteiger charge is 2.29. The average Bonchev–Trinajstić information content (AvgIpc) is 3.40. The predicted octanol–water partition coefficient (Wildman–Crippen LogP) is 4.88. The van der Waals surface area contributed by atoms with Crippen LogP contribution in [-0.2, 0) is 34.2 Å². The maximum Gasteiger partial charge on any atom is 0.242 e. The summed E-state index contributed by atoms with van der Waals surface area (Å²) in [7, 11) is 0. The van der Waals surface area contributed by atoms with Gasteiger partial charge in [-0.15, -0.1) is 0 Å². The number of fused-ring (bicyclic) bond motifs is 1. The highest BCUT2D eigenvalue weighted by molar-refractivity contribution is 7.98. The normalized spacial score (nSPS) is 20.0. The zero-order valence-corrected chi connectivity index (χ0v) is 19.8. The van der Waals surface area contributed by atoms with Crippen LogP contribution in [0.2, 0.25) is 0 Å². The Morgan fingerprint density at radius 2 is 1.91 bits per heavy atom. The van der Waals surface area contributed by atoms with Crippen molar-refractivity contribution in [3.05, 3.63) is 47.2 Å². The van der Waals surface area contributed by atoms with Gasteiger partial charge in [-0.25, -0.2) is 4.68 Å². The number of benzene rings is 1. The summed E-state index contributed by atoms with van der Waals surface area (Å²) in [4.78, 5) is 25.7. The van der Waals surface area contributed by atoms with E-state index in [1.54, 1.807) is 16.4 Å². The molecule has 0 radical (unpaired) electrons. The van der Waals surface area contributed by atoms with Gasteiger partial charge in [0.2, 0.25) is 11.8 Å². The van der Waals surface area contributed by atoms with Gasteiger partial charge in [0.25, 0.3) is 0 Å². The Labute approximate surface area is 194 Å². The highest BCUT2D eigenvalue weighted by atomic mass is 32.2. The summed E-state index contributed by atoms with van der Waals surface area (Å²) in [6, 6.07) is 9.86. The summed E-state index contributed by atoms with van der Waals surface area (Å²) in [5, 5.41) is 10.8. The fourth-order valence-electron chi connectivity index (χ4n) is 4.73. The molecular formula is C25H34N4O2S. The lowest BCUT2D eigenvalue weighted by Gasteiger charge is -2.27. The fraction of sp³-hybridized carbons (Fsp3) is 0.560. The molecule has 0 saturated heterocycles. The van der Waals surface area contributed by atoms with Gasteiger partial charge in [-0.05, 0) is 37.2 Å². The number of anilines is 1. The molecule has 2 heterocycles. The number of unbranched alkanes of at least 4 members (excludes halogenated alkanes) is 1. The number of carbonyl (C=O) groups is 2. The third kappa shape index (κ3) is 5.74. The standard InChI is InChI=1S/C25H34N4O2S/c1-2-3-7-18-10-12-20(13-11-18)25(31)27-24-21-16-32-17-22(21)28-29(24)15-23(30)26-14-19-8-5-4-6-9-19/h4-6,8-9,18,20H,2-3,7,10-17H2,1H3,(H,26,30)(H,27,31). The topological polar surface area (TPSA) is 76.0 Å². The molecule has 1 aliphatic heterocycles. The number of nitrogens with zero attached hydrogens (tertiary/aromatic N) is 2. The monoisotopic (exact) mass is 454 g/mol. The molecule has 7 heteroatoms. The Kier molecular flexibility index (Phi) is 7.90. The van der Waals surface area contributed by atoms with Crippen LogP contribution in [0.4, 0.5) is 5.82 Å². The molecule has 0 spiro atoms. The van der Waals surface area contributed by atoms with Gasteiger partial charge in [0.1, 0.15) is 12.4 Å². The molecular weight excluding hydrogens is 420 g/mol. The highest BCUT2D eigenvalue weighted by Crippen LogP contribution is 2.36. The predicted molar refractivity (Wildman–Crippen MR) is 129 cm³/mol. The quantitative estimate of drug-likeness (QED) is 0.566. The van der Waals surface area contributed by atoms with Gasteiger partial charge in [0.15, 0.2) is 0 Å². The second-order valence-electron chi connectivity index (χ2n) is 9.04. The molecule has 1 aromatic heterocycles. The number of rotatable bonds is 9. The third-order valence-electron chi connectivity index (χ3n) is 6.67. The molecule has 32 heavy (non-hydrogen) atoms. The van der Waals surface area contributed by atoms with E-state index in [2.05, 4.69) is 22.7 Å². The van der Waals surface area contributed by atoms with Gasteiger partial charge in [-0.3, -0.25) is 9.59 Å². The SMILES string of the molecule is CCCCC1CCC(C(=O)Nc2c3c(nn2CC(=O)NCc2ccccc2)CSC3)CC1. The van der Waals surface area contributed by atoms with Crippen LogP contribution in [-0.4, -0.2) is 21.6 Å². The number of hydrogen-bond acceptors (Lipinski definition) is 4. The maximum absolute atomic E-state index is 13.1. The van der Waals surface area contributed by atoms with Crippen LogP contribution >= 0.6 is 11.8 Å². The lowest BCUT2D eigenvalue weighted by Crippen LogP contribution is -2.31. The zero-order chi connectivity index (χ0) is 22.3. The molecule has 1 aliphatic carbocycles. The van der Waals surface area contributed by atoms with Gasteiger partial charge < -0.3 is 10.6 Å². The summed E-state index contributed by atoms with van der Waals surface area (Å²) >= 11 is 1.80. The van der Waals surface area contributed by atoms with Crippen LogP contribution in [0.1, 0.15) is 68.7 Å². The summed E-state index contributed by atoms with van der Waals surface area (Å²) in [5.74, 6) is 3.21. The molecule has 1 fully saturated rings. The fourth-order valence-corrected chi connectivity index (χ4v) is 5.77. The van der Waals surface area contributed by atoms with Crippen molar-refractivity contribution in [2.75, 3.05) is 5.32 Å². The average molecular weight is 455 g/mol. The Balaban J connectivity index is 1.36. The number of hydrogen-bond donors (Lipinski definition) is 2. The molecule has 1 saturated carbocycles. The number of thioether (sulfide) groups is 1. The Morgan fingerprint density at radius 1 is 1.12 bits per heavy atom. The third-order valence-corrected chi connectivity index (χ3v) is 7.64. The van der Waals surface area contributed by atoms with Crippen molar-refractivity contribution in [1.29, 1.82) is 0 Å². The van der Waals surface area contributed by atoms with Crippen LogP contribution < -0.4 is 10.6 Å². The van der Waals surface area contributed by atoms with Crippen molar-refractivity contribution in [2.24, 2.45) is 11.8 Å². The number of carbonyl (C=O) groups excluding carboxylic acids is 2. The van der Waals surface area contributed by atoms with E-state index in [1.807, 2.05) is 30.3 Å². The molecule has 4 rings (SSSR count). The largest absolute Gasteiger partial charge is 0.350 e. The molecule has 172 valence electrons. The van der Waals surface area contributed by atoms with Gasteiger partial charge >= 0.3 is 0 Å². The van der Waals surface area contributed by atoms with Crippen LogP contribution in [0, 0.1) is 11.8 Å². The van der Waals surface area contributed by atoms with E-state index in [-0.39, 0.29) is 24.3 Å². The summed E-state index contributed by atoms with van der Waals surface area (Å²) in [6.07, 6.45) is 8.04. The molecule has 0 atom stereocenters. The second-order valence-corrected chi connectivity index (χ2v) is 10.0. The van der Waals surface area contributed by atoms with Crippen LogP contribution in [0.3, 0.4) is 0 Å². The van der Waals surface area contributed by atoms with Gasteiger partial charge in [-0.2, -0.15) is 16.9 Å². The number of amides is 2. The van der Waals surface area contributed by atoms with Crippen molar-refractivity contribution in [2.45, 2.75) is 76.5 Å². The van der Waals surface area contributed by atoms with Crippen LogP contribution in [0.25, 0.3) is 0 Å². The minimum Gasteiger partial charge on any atom is -0.350 e. The van der Waals surface area contributed by atoms with E-state index in [9.17, 15) is 9.59 Å². The van der Waals surface area contributed by atoms with Crippen LogP contribution in [0.5, 0.6) is 0 Å². The lowest BCUT2D eigenvalue weighted by molar-refractivity contribution is -0.122. The summed E-state index contributed by atoms with van der Waals surface area (Å²) in [6.45, 7) is 2.84. The molecule has 0 bridgehead atoms. The van der Waals surface area contributed by atoms with Gasteiger partial charge in [0.05, 0.1) is 5.69 Å². The number of aromatic nitrogens is 2. The molecule has 6 nitrogen and oxygen atoms in total. The van der Waals surface area contributed by atoms with Crippen molar-refractivity contribution >= 4 is 29.4 Å². The Morgan fingerprint density at radius 3 is 2.66 bits per heavy atom. The van der Waals surface area contributed by atoms with E-state index in [1.165, 1.54) is 19.3 Å². The maximum atomic E-state index is 13.1. The number of nitrogens with one attached hydrogen (secondary N) is 2. The first-order valence-electron chi connectivity index (χ1n) is 11.9. The summed E-state index contributed by atoms with van der Waals surface area (Å²) < 4.78 is 1.69. The molecule has 2 aliphatic rings. The molecule has 1 aromatic carbocycles. The minimum absolute atomic E-state index is 0.0628. The van der Waals surface area contributed by atoms with Crippen LogP contribution in [0.15, 0.2) is 30.3 Å². The van der Waals surface area contributed by atoms with Crippen molar-refractivity contribution in [3.63, 3.8) is 0 Å². The van der Waals surface area contributed by atoms with E-state index in [0.717, 1.165) is 65.7 Å². The zero-order valence-electron chi connectivity index (χ0n) is 18.9. The smallest absolute Gasteiger partial charge is 0.242 e. The molecule has 2 aromatic rings. The van der Waals surface area contributed by atoms with Crippen molar-refractivity contribution in [3.8, 4) is 0 Å². The molecule has 0 unspecified atom stereocenters. The molecule has 2 amide bonds. The van der Waals surface area contributed by atoms with Crippen molar-refractivity contribution in [1.82, 2.24) is 15.1 Å². The van der Waals surface area contributed by atoms with E-state index >= 15 is 0 Å². The lowest BCUT2D eigenvalue weighted by atomic mass is 9.79. The minimum atomic E-state index is -0.102. The Bertz CT molecular complexity index is 920. The first-order valence-corrected chi connectivity index (χ1v) is 13.1. The van der Waals surface area contributed by atoms with Gasteiger partial charge in [-0.1, -0.05) is 56.5 Å². The first-order chi connectivity index (χ1) is 15.6. The van der Waals surface area contributed by atoms with Crippen molar-refractivity contribution < 1.29 is 9.59 Å². The molecule has 2 N–H and O–H groups in total. The Hall–Kier alpha value is -2.28. The van der Waals surface area contributed by atoms with E-state index in [0.29, 0.717) is 6.54 Å². The first kappa shape index (κ1) is 22.9.